The van der Waals surface area contributed by atoms with Gasteiger partial charge in [0.15, 0.2) is 0 Å². The van der Waals surface area contributed by atoms with Crippen molar-refractivity contribution in [2.24, 2.45) is 11.8 Å². The average Bonchev–Trinajstić information content (AvgIpc) is 2.56. The zero-order valence-corrected chi connectivity index (χ0v) is 19.0. The van der Waals surface area contributed by atoms with Gasteiger partial charge in [-0.2, -0.15) is 0 Å². The summed E-state index contributed by atoms with van der Waals surface area (Å²) in [5.74, 6) is 1.28. The highest BCUT2D eigenvalue weighted by Crippen LogP contribution is 2.43. The monoisotopic (exact) mass is 470 g/mol. The minimum absolute atomic E-state index is 0.642. The van der Waals surface area contributed by atoms with Crippen LogP contribution in [0.15, 0.2) is 45.3 Å². The van der Waals surface area contributed by atoms with Gasteiger partial charge in [0.05, 0.1) is 0 Å². The molecule has 0 saturated heterocycles. The quantitative estimate of drug-likeness (QED) is 0.261. The van der Waals surface area contributed by atoms with Crippen molar-refractivity contribution in [2.75, 3.05) is 0 Å². The fourth-order valence-electron chi connectivity index (χ4n) is 4.26. The van der Waals surface area contributed by atoms with Crippen LogP contribution in [0.3, 0.4) is 0 Å². The van der Waals surface area contributed by atoms with E-state index in [9.17, 15) is 0 Å². The van der Waals surface area contributed by atoms with Crippen molar-refractivity contribution in [1.82, 2.24) is 0 Å². The lowest BCUT2D eigenvalue weighted by Crippen LogP contribution is -1.99. The predicted molar refractivity (Wildman–Crippen MR) is 123 cm³/mol. The van der Waals surface area contributed by atoms with E-state index < -0.39 is 0 Å². The number of benzene rings is 4. The van der Waals surface area contributed by atoms with Crippen molar-refractivity contribution in [1.29, 1.82) is 0 Å². The third kappa shape index (κ3) is 2.96. The largest absolute Gasteiger partial charge is 0.0625 e. The molecule has 4 rings (SSSR count). The maximum absolute atomic E-state index is 3.85. The van der Waals surface area contributed by atoms with Gasteiger partial charge >= 0.3 is 0 Å². The van der Waals surface area contributed by atoms with Crippen LogP contribution in [-0.2, 0) is 12.8 Å². The average molecular weight is 472 g/mol. The highest BCUT2D eigenvalue weighted by Gasteiger charge is 2.17. The topological polar surface area (TPSA) is 0 Å². The SMILES string of the molecule is CC(C)Cc1cc(Br)c2ccc3c(CC(C)C)cc(Br)c4ccc1c2c43. The maximum atomic E-state index is 3.85. The fraction of sp³-hybridized carbons (Fsp3) is 0.333. The van der Waals surface area contributed by atoms with E-state index in [1.54, 1.807) is 0 Å². The molecule has 0 atom stereocenters. The molecule has 2 heteroatoms. The number of halogens is 2. The zero-order valence-electron chi connectivity index (χ0n) is 15.8. The predicted octanol–water partition coefficient (Wildman–Crippen LogP) is 8.51. The van der Waals surface area contributed by atoms with Gasteiger partial charge in [-0.3, -0.25) is 0 Å². The first-order valence-corrected chi connectivity index (χ1v) is 11.0. The summed E-state index contributed by atoms with van der Waals surface area (Å²) >= 11 is 7.70. The van der Waals surface area contributed by atoms with Crippen molar-refractivity contribution in [2.45, 2.75) is 40.5 Å². The molecule has 0 N–H and O–H groups in total. The molecular weight excluding hydrogens is 448 g/mol. The minimum Gasteiger partial charge on any atom is -0.0625 e. The first-order valence-electron chi connectivity index (χ1n) is 9.44. The Morgan fingerprint density at radius 2 is 0.962 bits per heavy atom. The van der Waals surface area contributed by atoms with Gasteiger partial charge in [0.25, 0.3) is 0 Å². The van der Waals surface area contributed by atoms with E-state index in [0.717, 1.165) is 12.8 Å². The molecule has 0 aliphatic carbocycles. The van der Waals surface area contributed by atoms with Crippen LogP contribution in [0.25, 0.3) is 32.3 Å². The van der Waals surface area contributed by atoms with Crippen LogP contribution in [0, 0.1) is 11.8 Å². The fourth-order valence-corrected chi connectivity index (χ4v) is 5.48. The van der Waals surface area contributed by atoms with Gasteiger partial charge in [-0.1, -0.05) is 83.8 Å². The molecule has 0 unspecified atom stereocenters. The van der Waals surface area contributed by atoms with Crippen molar-refractivity contribution in [3.63, 3.8) is 0 Å². The highest BCUT2D eigenvalue weighted by atomic mass is 79.9. The van der Waals surface area contributed by atoms with Crippen LogP contribution >= 0.6 is 31.9 Å². The first-order chi connectivity index (χ1) is 12.4. The number of rotatable bonds is 4. The standard InChI is InChI=1S/C24H24Br2/c1-13(2)9-15-11-21(25)19-8-6-18-16(10-14(3)4)12-22(26)20-7-5-17(15)23(19)24(18)20/h5-8,11-14H,9-10H2,1-4H3. The van der Waals surface area contributed by atoms with Crippen LogP contribution < -0.4 is 0 Å². The molecule has 0 radical (unpaired) electrons. The summed E-state index contributed by atoms with van der Waals surface area (Å²) in [6.07, 6.45) is 2.21. The second-order valence-corrected chi connectivity index (χ2v) is 10.0. The van der Waals surface area contributed by atoms with Crippen LogP contribution in [-0.4, -0.2) is 0 Å². The Bertz CT molecular complexity index is 1020. The van der Waals surface area contributed by atoms with Gasteiger partial charge in [0.1, 0.15) is 0 Å². The lowest BCUT2D eigenvalue weighted by atomic mass is 9.87. The number of hydrogen-bond acceptors (Lipinski definition) is 0. The Morgan fingerprint density at radius 1 is 0.615 bits per heavy atom. The van der Waals surface area contributed by atoms with Gasteiger partial charge in [0.2, 0.25) is 0 Å². The van der Waals surface area contributed by atoms with E-state index >= 15 is 0 Å². The lowest BCUT2D eigenvalue weighted by Gasteiger charge is -2.19. The smallest absolute Gasteiger partial charge is 0.0257 e. The van der Waals surface area contributed by atoms with E-state index in [2.05, 4.69) is 96.0 Å². The lowest BCUT2D eigenvalue weighted by molar-refractivity contribution is 0.650. The molecule has 4 aromatic rings. The Morgan fingerprint density at radius 3 is 1.31 bits per heavy atom. The molecule has 0 nitrogen and oxygen atoms in total. The summed E-state index contributed by atoms with van der Waals surface area (Å²) in [4.78, 5) is 0. The van der Waals surface area contributed by atoms with E-state index in [4.69, 9.17) is 0 Å². The Kier molecular flexibility index (Phi) is 4.77. The molecule has 0 aliphatic rings. The third-order valence-corrected chi connectivity index (χ3v) is 6.54. The Balaban J connectivity index is 2.18. The van der Waals surface area contributed by atoms with Gasteiger partial charge in [-0.15, -0.1) is 0 Å². The van der Waals surface area contributed by atoms with Crippen LogP contribution in [0.1, 0.15) is 38.8 Å². The summed E-state index contributed by atoms with van der Waals surface area (Å²) in [5.41, 5.74) is 2.89. The second kappa shape index (κ2) is 6.80. The molecule has 0 aromatic heterocycles. The minimum atomic E-state index is 0.642. The third-order valence-electron chi connectivity index (χ3n) is 5.23. The molecule has 0 amide bonds. The molecule has 0 saturated carbocycles. The first kappa shape index (κ1) is 18.3. The van der Waals surface area contributed by atoms with Gasteiger partial charge in [-0.25, -0.2) is 0 Å². The highest BCUT2D eigenvalue weighted by molar-refractivity contribution is 9.11. The van der Waals surface area contributed by atoms with Gasteiger partial charge in [-0.05, 0) is 80.3 Å². The molecule has 26 heavy (non-hydrogen) atoms. The molecule has 0 spiro atoms. The summed E-state index contributed by atoms with van der Waals surface area (Å²) < 4.78 is 2.42. The summed E-state index contributed by atoms with van der Waals surface area (Å²) in [7, 11) is 0. The van der Waals surface area contributed by atoms with Crippen LogP contribution in [0.5, 0.6) is 0 Å². The van der Waals surface area contributed by atoms with Crippen LogP contribution in [0.2, 0.25) is 0 Å². The van der Waals surface area contributed by atoms with E-state index in [1.165, 1.54) is 52.4 Å². The summed E-state index contributed by atoms with van der Waals surface area (Å²) in [6.45, 7) is 9.18. The second-order valence-electron chi connectivity index (χ2n) is 8.30. The van der Waals surface area contributed by atoms with Crippen molar-refractivity contribution in [3.8, 4) is 0 Å². The normalized spacial score (nSPS) is 12.5. The Labute approximate surface area is 172 Å². The molecule has 0 bridgehead atoms. The molecule has 0 fully saturated rings. The van der Waals surface area contributed by atoms with Crippen LogP contribution in [0.4, 0.5) is 0 Å². The Hall–Kier alpha value is -1.12. The molecule has 134 valence electrons. The molecule has 0 aliphatic heterocycles. The molecule has 4 aromatic carbocycles. The van der Waals surface area contributed by atoms with Crippen molar-refractivity contribution >= 4 is 64.2 Å². The van der Waals surface area contributed by atoms with Crippen molar-refractivity contribution < 1.29 is 0 Å². The summed E-state index contributed by atoms with van der Waals surface area (Å²) in [6, 6.07) is 13.9. The molecular formula is C24H24Br2. The summed E-state index contributed by atoms with van der Waals surface area (Å²) in [5, 5.41) is 8.28. The number of hydrogen-bond donors (Lipinski definition) is 0. The van der Waals surface area contributed by atoms with E-state index in [-0.39, 0.29) is 0 Å². The van der Waals surface area contributed by atoms with Crippen molar-refractivity contribution in [3.05, 3.63) is 56.5 Å². The zero-order chi connectivity index (χ0) is 18.6. The maximum Gasteiger partial charge on any atom is 0.0257 e. The van der Waals surface area contributed by atoms with Gasteiger partial charge in [0, 0.05) is 8.95 Å². The molecule has 0 heterocycles. The van der Waals surface area contributed by atoms with E-state index in [0.29, 0.717) is 11.8 Å². The van der Waals surface area contributed by atoms with Gasteiger partial charge < -0.3 is 0 Å². The van der Waals surface area contributed by atoms with E-state index in [1.807, 2.05) is 0 Å².